The Kier molecular flexibility index (Phi) is 8.93. The molecule has 2 aromatic carbocycles. The van der Waals surface area contributed by atoms with Crippen molar-refractivity contribution >= 4 is 34.0 Å². The summed E-state index contributed by atoms with van der Waals surface area (Å²) in [5, 5.41) is 20.6. The fourth-order valence-corrected chi connectivity index (χ4v) is 5.55. The lowest BCUT2D eigenvalue weighted by molar-refractivity contribution is -0.142. The molecule has 0 spiro atoms. The highest BCUT2D eigenvalue weighted by molar-refractivity contribution is 6.69. The molecule has 1 unspecified atom stereocenters. The van der Waals surface area contributed by atoms with Crippen molar-refractivity contribution < 1.29 is 14.6 Å². The zero-order valence-corrected chi connectivity index (χ0v) is 22.8. The van der Waals surface area contributed by atoms with Crippen molar-refractivity contribution in [1.82, 2.24) is 4.90 Å². The van der Waals surface area contributed by atoms with E-state index in [0.717, 1.165) is 68.7 Å². The standard InChI is InChI=1S/C30H38ClN3O3/c1-19(2)33-28-11-6-21(15-27(28)29(31)32)18-37-25-9-10-26-20(3)24(8-7-23(26)16-25)17-34-13-4-5-22(12-14-34)30(35)36/h6,9-11,15-16,19,22,32-33H,4-5,7-8,12-14,17-18H2,1-3H3,(H,35,36). The predicted molar refractivity (Wildman–Crippen MR) is 151 cm³/mol. The van der Waals surface area contributed by atoms with E-state index in [9.17, 15) is 9.90 Å². The Morgan fingerprint density at radius 2 is 2.00 bits per heavy atom. The van der Waals surface area contributed by atoms with Gasteiger partial charge in [0.05, 0.1) is 5.92 Å². The third kappa shape index (κ3) is 6.93. The summed E-state index contributed by atoms with van der Waals surface area (Å²) in [6.45, 7) is 9.48. The number of nitrogens with one attached hydrogen (secondary N) is 2. The first-order valence-electron chi connectivity index (χ1n) is 13.2. The van der Waals surface area contributed by atoms with Gasteiger partial charge in [0, 0.05) is 23.8 Å². The first-order chi connectivity index (χ1) is 17.7. The number of halogens is 1. The van der Waals surface area contributed by atoms with Crippen LogP contribution in [0.4, 0.5) is 5.69 Å². The van der Waals surface area contributed by atoms with Crippen molar-refractivity contribution in [2.75, 3.05) is 25.0 Å². The second-order valence-electron chi connectivity index (χ2n) is 10.6. The molecule has 1 saturated heterocycles. The number of carboxylic acids is 1. The lowest BCUT2D eigenvalue weighted by Gasteiger charge is -2.27. The third-order valence-corrected chi connectivity index (χ3v) is 7.67. The minimum atomic E-state index is -0.652. The fraction of sp³-hybridized carbons (Fsp3) is 0.467. The third-order valence-electron chi connectivity index (χ3n) is 7.46. The Balaban J connectivity index is 1.41. The van der Waals surface area contributed by atoms with E-state index in [1.807, 2.05) is 24.3 Å². The number of rotatable bonds is 9. The largest absolute Gasteiger partial charge is 0.489 e. The highest BCUT2D eigenvalue weighted by atomic mass is 35.5. The number of benzene rings is 2. The molecule has 1 fully saturated rings. The summed E-state index contributed by atoms with van der Waals surface area (Å²) in [6.07, 6.45) is 4.47. The number of likely N-dealkylation sites (tertiary alicyclic amines) is 1. The van der Waals surface area contributed by atoms with Gasteiger partial charge in [-0.05, 0) is 112 Å². The highest BCUT2D eigenvalue weighted by Gasteiger charge is 2.24. The maximum Gasteiger partial charge on any atom is 0.306 e. The Bertz CT molecular complexity index is 1190. The van der Waals surface area contributed by atoms with E-state index in [4.69, 9.17) is 21.7 Å². The molecule has 4 rings (SSSR count). The Hall–Kier alpha value is -2.83. The van der Waals surface area contributed by atoms with E-state index in [1.165, 1.54) is 22.3 Å². The summed E-state index contributed by atoms with van der Waals surface area (Å²) in [7, 11) is 0. The summed E-state index contributed by atoms with van der Waals surface area (Å²) < 4.78 is 6.13. The van der Waals surface area contributed by atoms with E-state index in [1.54, 1.807) is 0 Å². The number of nitrogens with zero attached hydrogens (tertiary/aromatic N) is 1. The Morgan fingerprint density at radius 3 is 2.73 bits per heavy atom. The molecule has 198 valence electrons. The van der Waals surface area contributed by atoms with Crippen molar-refractivity contribution in [3.8, 4) is 5.75 Å². The second kappa shape index (κ2) is 12.1. The van der Waals surface area contributed by atoms with Gasteiger partial charge in [-0.2, -0.15) is 0 Å². The topological polar surface area (TPSA) is 85.7 Å². The van der Waals surface area contributed by atoms with Gasteiger partial charge in [0.2, 0.25) is 0 Å². The number of fused-ring (bicyclic) bond motifs is 1. The lowest BCUT2D eigenvalue weighted by atomic mass is 9.86. The summed E-state index contributed by atoms with van der Waals surface area (Å²) in [5.41, 5.74) is 7.89. The van der Waals surface area contributed by atoms with Crippen molar-refractivity contribution in [1.29, 1.82) is 5.41 Å². The first kappa shape index (κ1) is 27.2. The number of anilines is 1. The van der Waals surface area contributed by atoms with E-state index >= 15 is 0 Å². The predicted octanol–water partition coefficient (Wildman–Crippen LogP) is 6.56. The van der Waals surface area contributed by atoms with Crippen molar-refractivity contribution in [2.24, 2.45) is 5.92 Å². The van der Waals surface area contributed by atoms with Crippen LogP contribution in [0.5, 0.6) is 5.75 Å². The van der Waals surface area contributed by atoms with Crippen LogP contribution in [-0.2, 0) is 17.8 Å². The zero-order valence-electron chi connectivity index (χ0n) is 22.1. The lowest BCUT2D eigenvalue weighted by Crippen LogP contribution is -2.28. The van der Waals surface area contributed by atoms with Gasteiger partial charge in [-0.1, -0.05) is 29.3 Å². The molecule has 1 aliphatic heterocycles. The summed E-state index contributed by atoms with van der Waals surface area (Å²) >= 11 is 6.05. The molecule has 0 saturated carbocycles. The molecule has 0 bridgehead atoms. The number of hydrogen-bond donors (Lipinski definition) is 3. The molecule has 1 aliphatic carbocycles. The molecular weight excluding hydrogens is 486 g/mol. The molecule has 1 atom stereocenters. The average Bonchev–Trinajstić information content (AvgIpc) is 3.10. The van der Waals surface area contributed by atoms with Crippen LogP contribution >= 0.6 is 11.6 Å². The quantitative estimate of drug-likeness (QED) is 0.324. The molecule has 7 heteroatoms. The van der Waals surface area contributed by atoms with Crippen LogP contribution in [0.3, 0.4) is 0 Å². The maximum atomic E-state index is 11.4. The Labute approximate surface area is 225 Å². The van der Waals surface area contributed by atoms with Crippen LogP contribution < -0.4 is 10.1 Å². The number of carbonyl (C=O) groups is 1. The SMILES string of the molecule is CC1=C(CN2CCCC(C(=O)O)CC2)CCc2cc(OCc3ccc(NC(C)C)c(C(=N)Cl)c3)ccc21. The first-order valence-corrected chi connectivity index (χ1v) is 13.6. The molecule has 2 aliphatic rings. The number of hydrogen-bond acceptors (Lipinski definition) is 5. The number of aryl methyl sites for hydroxylation is 1. The van der Waals surface area contributed by atoms with Crippen LogP contribution in [0.25, 0.3) is 5.57 Å². The average molecular weight is 524 g/mol. The molecule has 1 heterocycles. The molecule has 0 aromatic heterocycles. The highest BCUT2D eigenvalue weighted by Crippen LogP contribution is 2.34. The minimum absolute atomic E-state index is 0.0127. The summed E-state index contributed by atoms with van der Waals surface area (Å²) in [6, 6.07) is 12.5. The van der Waals surface area contributed by atoms with E-state index in [2.05, 4.69) is 43.1 Å². The zero-order chi connectivity index (χ0) is 26.5. The van der Waals surface area contributed by atoms with Crippen molar-refractivity contribution in [3.63, 3.8) is 0 Å². The maximum absolute atomic E-state index is 11.4. The van der Waals surface area contributed by atoms with Crippen LogP contribution in [-0.4, -0.2) is 46.8 Å². The van der Waals surface area contributed by atoms with Gasteiger partial charge in [-0.3, -0.25) is 15.1 Å². The summed E-state index contributed by atoms with van der Waals surface area (Å²) in [5.74, 6) is -0.0102. The van der Waals surface area contributed by atoms with Gasteiger partial charge in [0.25, 0.3) is 0 Å². The van der Waals surface area contributed by atoms with Gasteiger partial charge >= 0.3 is 5.97 Å². The van der Waals surface area contributed by atoms with Crippen LogP contribution in [0.2, 0.25) is 0 Å². The molecule has 3 N–H and O–H groups in total. The smallest absolute Gasteiger partial charge is 0.306 e. The second-order valence-corrected chi connectivity index (χ2v) is 10.9. The van der Waals surface area contributed by atoms with Gasteiger partial charge in [0.15, 0.2) is 0 Å². The van der Waals surface area contributed by atoms with Crippen molar-refractivity contribution in [2.45, 2.75) is 65.5 Å². The van der Waals surface area contributed by atoms with E-state index in [0.29, 0.717) is 12.2 Å². The van der Waals surface area contributed by atoms with Gasteiger partial charge in [0.1, 0.15) is 17.5 Å². The van der Waals surface area contributed by atoms with E-state index < -0.39 is 5.97 Å². The van der Waals surface area contributed by atoms with E-state index in [-0.39, 0.29) is 17.1 Å². The number of carboxylic acid groups (broad SMARTS) is 1. The van der Waals surface area contributed by atoms with Gasteiger partial charge < -0.3 is 15.2 Å². The molecule has 0 amide bonds. The minimum Gasteiger partial charge on any atom is -0.489 e. The Morgan fingerprint density at radius 1 is 1.19 bits per heavy atom. The van der Waals surface area contributed by atoms with Gasteiger partial charge in [-0.25, -0.2) is 0 Å². The molecule has 2 aromatic rings. The fourth-order valence-electron chi connectivity index (χ4n) is 5.39. The van der Waals surface area contributed by atoms with Crippen LogP contribution in [0, 0.1) is 11.3 Å². The van der Waals surface area contributed by atoms with Gasteiger partial charge in [-0.15, -0.1) is 0 Å². The molecular formula is C30H38ClN3O3. The van der Waals surface area contributed by atoms with Crippen LogP contribution in [0.1, 0.15) is 68.7 Å². The van der Waals surface area contributed by atoms with Crippen molar-refractivity contribution in [3.05, 3.63) is 64.2 Å². The molecule has 0 radical (unpaired) electrons. The normalized spacial score (nSPS) is 18.4. The number of aliphatic carboxylic acids is 1. The monoisotopic (exact) mass is 523 g/mol. The number of ether oxygens (including phenoxy) is 1. The molecule has 37 heavy (non-hydrogen) atoms. The molecule has 6 nitrogen and oxygen atoms in total. The van der Waals surface area contributed by atoms with Crippen LogP contribution in [0.15, 0.2) is 42.0 Å². The number of allylic oxidation sites excluding steroid dienone is 1. The summed E-state index contributed by atoms with van der Waals surface area (Å²) in [4.78, 5) is 13.8.